The number of hydrogen-bond donors (Lipinski definition) is 1. The van der Waals surface area contributed by atoms with Crippen molar-refractivity contribution >= 4 is 23.2 Å². The summed E-state index contributed by atoms with van der Waals surface area (Å²) in [6.07, 6.45) is 0.857. The van der Waals surface area contributed by atoms with Crippen molar-refractivity contribution in [2.75, 3.05) is 6.54 Å². The molecule has 1 atom stereocenters. The van der Waals surface area contributed by atoms with E-state index in [-0.39, 0.29) is 11.9 Å². The van der Waals surface area contributed by atoms with E-state index in [2.05, 4.69) is 19.2 Å². The van der Waals surface area contributed by atoms with Gasteiger partial charge in [-0.05, 0) is 31.5 Å². The third kappa shape index (κ3) is 2.18. The predicted octanol–water partition coefficient (Wildman–Crippen LogP) is 1.14. The maximum absolute atomic E-state index is 11.7. The summed E-state index contributed by atoms with van der Waals surface area (Å²) in [6, 6.07) is -0.0903. The molecular weight excluding hydrogens is 184 g/mol. The van der Waals surface area contributed by atoms with Crippen molar-refractivity contribution < 1.29 is 4.79 Å². The van der Waals surface area contributed by atoms with Crippen LogP contribution < -0.4 is 5.32 Å². The lowest BCUT2D eigenvalue weighted by atomic mass is 10.0. The zero-order chi connectivity index (χ0) is 10.0. The Labute approximate surface area is 84.5 Å². The van der Waals surface area contributed by atoms with Gasteiger partial charge in [-0.2, -0.15) is 0 Å². The summed E-state index contributed by atoms with van der Waals surface area (Å²) in [5, 5.41) is 3.63. The number of rotatable bonds is 3. The minimum Gasteiger partial charge on any atom is -0.350 e. The first-order chi connectivity index (χ1) is 6.06. The minimum atomic E-state index is -0.0903. The maximum atomic E-state index is 11.7. The van der Waals surface area contributed by atoms with E-state index in [1.165, 1.54) is 0 Å². The van der Waals surface area contributed by atoms with Gasteiger partial charge in [0.1, 0.15) is 6.04 Å². The molecule has 0 spiro atoms. The molecule has 13 heavy (non-hydrogen) atoms. The Morgan fingerprint density at radius 1 is 1.62 bits per heavy atom. The molecule has 1 aliphatic rings. The molecule has 3 nitrogen and oxygen atoms in total. The lowest BCUT2D eigenvalue weighted by Crippen LogP contribution is -2.31. The van der Waals surface area contributed by atoms with E-state index in [4.69, 9.17) is 12.2 Å². The second-order valence-corrected chi connectivity index (χ2v) is 4.10. The number of nitrogens with one attached hydrogen (secondary N) is 1. The quantitative estimate of drug-likeness (QED) is 0.693. The van der Waals surface area contributed by atoms with Gasteiger partial charge in [-0.25, -0.2) is 0 Å². The molecule has 1 N–H and O–H groups in total. The van der Waals surface area contributed by atoms with Crippen LogP contribution in [0.2, 0.25) is 0 Å². The lowest BCUT2D eigenvalue weighted by Gasteiger charge is -2.12. The first-order valence-electron chi connectivity index (χ1n) is 4.68. The van der Waals surface area contributed by atoms with Crippen LogP contribution in [0.15, 0.2) is 0 Å². The van der Waals surface area contributed by atoms with Crippen molar-refractivity contribution in [3.63, 3.8) is 0 Å². The minimum absolute atomic E-state index is 0.0903. The summed E-state index contributed by atoms with van der Waals surface area (Å²) in [4.78, 5) is 13.3. The van der Waals surface area contributed by atoms with E-state index in [0.717, 1.165) is 6.42 Å². The van der Waals surface area contributed by atoms with E-state index in [0.29, 0.717) is 17.6 Å². The number of carbonyl (C=O) groups is 1. The zero-order valence-electron chi connectivity index (χ0n) is 8.33. The summed E-state index contributed by atoms with van der Waals surface area (Å²) in [5.41, 5.74) is 0. The van der Waals surface area contributed by atoms with E-state index < -0.39 is 0 Å². The smallest absolute Gasteiger partial charge is 0.251 e. The molecule has 0 saturated carbocycles. The molecule has 0 radical (unpaired) electrons. The monoisotopic (exact) mass is 200 g/mol. The standard InChI is InChI=1S/C9H16N2OS/c1-4-11-8(12)7(5-6(2)3)10-9(11)13/h6-7H,4-5H2,1-3H3,(H,10,13)/t7-/m0/s1. The molecule has 1 heterocycles. The SMILES string of the molecule is CCN1C(=O)[C@H](CC(C)C)NC1=S. The highest BCUT2D eigenvalue weighted by molar-refractivity contribution is 7.80. The number of thiocarbonyl (C=S) groups is 1. The molecule has 1 aliphatic heterocycles. The van der Waals surface area contributed by atoms with E-state index in [9.17, 15) is 4.79 Å². The average molecular weight is 200 g/mol. The largest absolute Gasteiger partial charge is 0.350 e. The Morgan fingerprint density at radius 2 is 2.23 bits per heavy atom. The normalized spacial score (nSPS) is 22.8. The van der Waals surface area contributed by atoms with Gasteiger partial charge in [0.2, 0.25) is 0 Å². The highest BCUT2D eigenvalue weighted by Gasteiger charge is 2.34. The van der Waals surface area contributed by atoms with Gasteiger partial charge in [0.25, 0.3) is 5.91 Å². The molecule has 0 aromatic rings. The van der Waals surface area contributed by atoms with Gasteiger partial charge in [-0.3, -0.25) is 9.69 Å². The van der Waals surface area contributed by atoms with Crippen molar-refractivity contribution in [1.82, 2.24) is 10.2 Å². The lowest BCUT2D eigenvalue weighted by molar-refractivity contribution is -0.127. The first kappa shape index (κ1) is 10.4. The molecule has 1 rings (SSSR count). The van der Waals surface area contributed by atoms with Crippen molar-refractivity contribution in [2.45, 2.75) is 33.2 Å². The Bertz CT molecular complexity index is 228. The van der Waals surface area contributed by atoms with Gasteiger partial charge < -0.3 is 5.32 Å². The fourth-order valence-corrected chi connectivity index (χ4v) is 1.87. The van der Waals surface area contributed by atoms with Crippen LogP contribution in [0.3, 0.4) is 0 Å². The van der Waals surface area contributed by atoms with Crippen LogP contribution in [0.5, 0.6) is 0 Å². The second kappa shape index (κ2) is 4.05. The maximum Gasteiger partial charge on any atom is 0.251 e. The Morgan fingerprint density at radius 3 is 2.62 bits per heavy atom. The fourth-order valence-electron chi connectivity index (χ4n) is 1.51. The number of hydrogen-bond acceptors (Lipinski definition) is 2. The third-order valence-corrected chi connectivity index (χ3v) is 2.47. The number of likely N-dealkylation sites (N-methyl/N-ethyl adjacent to an activating group) is 1. The summed E-state index contributed by atoms with van der Waals surface area (Å²) < 4.78 is 0. The Balaban J connectivity index is 2.62. The number of amides is 1. The van der Waals surface area contributed by atoms with Crippen molar-refractivity contribution in [1.29, 1.82) is 0 Å². The molecule has 74 valence electrons. The van der Waals surface area contributed by atoms with Gasteiger partial charge in [-0.15, -0.1) is 0 Å². The van der Waals surface area contributed by atoms with Gasteiger partial charge in [0, 0.05) is 6.54 Å². The zero-order valence-corrected chi connectivity index (χ0v) is 9.15. The van der Waals surface area contributed by atoms with Crippen molar-refractivity contribution in [3.05, 3.63) is 0 Å². The molecule has 4 heteroatoms. The topological polar surface area (TPSA) is 32.3 Å². The van der Waals surface area contributed by atoms with Crippen LogP contribution in [-0.2, 0) is 4.79 Å². The van der Waals surface area contributed by atoms with E-state index in [1.807, 2.05) is 6.92 Å². The fraction of sp³-hybridized carbons (Fsp3) is 0.778. The molecular formula is C9H16N2OS. The van der Waals surface area contributed by atoms with Crippen molar-refractivity contribution in [2.24, 2.45) is 5.92 Å². The van der Waals surface area contributed by atoms with Gasteiger partial charge in [0.05, 0.1) is 0 Å². The Hall–Kier alpha value is -0.640. The van der Waals surface area contributed by atoms with Crippen LogP contribution in [0.4, 0.5) is 0 Å². The summed E-state index contributed by atoms with van der Waals surface area (Å²) in [5.74, 6) is 0.641. The molecule has 1 saturated heterocycles. The second-order valence-electron chi connectivity index (χ2n) is 3.71. The molecule has 0 aromatic carbocycles. The molecule has 1 amide bonds. The molecule has 0 aliphatic carbocycles. The van der Waals surface area contributed by atoms with Gasteiger partial charge in [0.15, 0.2) is 5.11 Å². The van der Waals surface area contributed by atoms with Gasteiger partial charge in [-0.1, -0.05) is 13.8 Å². The number of nitrogens with zero attached hydrogens (tertiary/aromatic N) is 1. The summed E-state index contributed by atoms with van der Waals surface area (Å²) >= 11 is 5.04. The third-order valence-electron chi connectivity index (χ3n) is 2.13. The van der Waals surface area contributed by atoms with Crippen LogP contribution >= 0.6 is 12.2 Å². The summed E-state index contributed by atoms with van der Waals surface area (Å²) in [7, 11) is 0. The average Bonchev–Trinajstić information content (AvgIpc) is 2.26. The van der Waals surface area contributed by atoms with Crippen LogP contribution in [0.1, 0.15) is 27.2 Å². The first-order valence-corrected chi connectivity index (χ1v) is 5.09. The number of carbonyl (C=O) groups excluding carboxylic acids is 1. The molecule has 1 fully saturated rings. The molecule has 0 bridgehead atoms. The Kier molecular flexibility index (Phi) is 3.25. The van der Waals surface area contributed by atoms with Gasteiger partial charge >= 0.3 is 0 Å². The van der Waals surface area contributed by atoms with Crippen LogP contribution in [-0.4, -0.2) is 28.5 Å². The van der Waals surface area contributed by atoms with E-state index >= 15 is 0 Å². The predicted molar refractivity (Wildman–Crippen MR) is 56.4 cm³/mol. The van der Waals surface area contributed by atoms with Crippen molar-refractivity contribution in [3.8, 4) is 0 Å². The van der Waals surface area contributed by atoms with Crippen LogP contribution in [0, 0.1) is 5.92 Å². The van der Waals surface area contributed by atoms with Crippen LogP contribution in [0.25, 0.3) is 0 Å². The molecule has 0 unspecified atom stereocenters. The molecule has 0 aromatic heterocycles. The highest BCUT2D eigenvalue weighted by atomic mass is 32.1. The van der Waals surface area contributed by atoms with E-state index in [1.54, 1.807) is 4.90 Å². The summed E-state index contributed by atoms with van der Waals surface area (Å²) in [6.45, 7) is 6.81. The highest BCUT2D eigenvalue weighted by Crippen LogP contribution is 2.13.